The summed E-state index contributed by atoms with van der Waals surface area (Å²) in [6.07, 6.45) is 1.21. The van der Waals surface area contributed by atoms with Crippen molar-refractivity contribution in [2.45, 2.75) is 25.7 Å². The number of thioether (sulfide) groups is 1. The van der Waals surface area contributed by atoms with Crippen molar-refractivity contribution in [3.8, 4) is 0 Å². The Hall–Kier alpha value is -0.0600. The van der Waals surface area contributed by atoms with Crippen molar-refractivity contribution in [1.29, 1.82) is 0 Å². The van der Waals surface area contributed by atoms with Gasteiger partial charge < -0.3 is 5.11 Å². The molecule has 1 aromatic rings. The number of rotatable bonds is 5. The van der Waals surface area contributed by atoms with Gasteiger partial charge in [0.25, 0.3) is 0 Å². The lowest BCUT2D eigenvalue weighted by Crippen LogP contribution is -1.84. The van der Waals surface area contributed by atoms with E-state index in [1.807, 2.05) is 17.1 Å². The van der Waals surface area contributed by atoms with Crippen molar-refractivity contribution >= 4 is 23.1 Å². The lowest BCUT2D eigenvalue weighted by atomic mass is 10.5. The van der Waals surface area contributed by atoms with Gasteiger partial charge in [0, 0.05) is 11.1 Å². The number of aromatic nitrogens is 1. The maximum Gasteiger partial charge on any atom is 0.103 e. The largest absolute Gasteiger partial charge is 0.390 e. The van der Waals surface area contributed by atoms with Gasteiger partial charge in [-0.3, -0.25) is 0 Å². The quantitative estimate of drug-likeness (QED) is 0.745. The number of aliphatic hydroxyl groups excluding tert-OH is 1. The molecule has 1 aromatic heterocycles. The molecule has 68 valence electrons. The van der Waals surface area contributed by atoms with Crippen LogP contribution in [-0.4, -0.2) is 15.8 Å². The molecule has 0 atom stereocenters. The van der Waals surface area contributed by atoms with E-state index < -0.39 is 0 Å². The molecule has 0 aliphatic carbocycles. The molecule has 0 aliphatic rings. The highest BCUT2D eigenvalue weighted by molar-refractivity contribution is 7.98. The van der Waals surface area contributed by atoms with Gasteiger partial charge in [0.2, 0.25) is 0 Å². The molecule has 0 aromatic carbocycles. The zero-order chi connectivity index (χ0) is 8.81. The average Bonchev–Trinajstić information content (AvgIpc) is 2.53. The van der Waals surface area contributed by atoms with E-state index in [4.69, 9.17) is 5.11 Å². The minimum Gasteiger partial charge on any atom is -0.390 e. The highest BCUT2D eigenvalue weighted by Gasteiger charge is 1.99. The van der Waals surface area contributed by atoms with Gasteiger partial charge in [0.1, 0.15) is 5.01 Å². The third-order valence-corrected chi connectivity index (χ3v) is 3.59. The summed E-state index contributed by atoms with van der Waals surface area (Å²) in [6.45, 7) is 2.24. The van der Waals surface area contributed by atoms with Crippen molar-refractivity contribution in [3.63, 3.8) is 0 Å². The van der Waals surface area contributed by atoms with Crippen LogP contribution >= 0.6 is 23.1 Å². The van der Waals surface area contributed by atoms with E-state index in [-0.39, 0.29) is 6.61 Å². The van der Waals surface area contributed by atoms with E-state index in [2.05, 4.69) is 11.9 Å². The van der Waals surface area contributed by atoms with Gasteiger partial charge in [0.05, 0.1) is 12.3 Å². The van der Waals surface area contributed by atoms with Crippen molar-refractivity contribution < 1.29 is 5.11 Å². The van der Waals surface area contributed by atoms with Gasteiger partial charge >= 0.3 is 0 Å². The smallest absolute Gasteiger partial charge is 0.103 e. The molecule has 0 saturated heterocycles. The average molecular weight is 203 g/mol. The van der Waals surface area contributed by atoms with Crippen LogP contribution in [0.4, 0.5) is 0 Å². The summed E-state index contributed by atoms with van der Waals surface area (Å²) in [5, 5.41) is 11.8. The van der Waals surface area contributed by atoms with Crippen LogP contribution < -0.4 is 0 Å². The second kappa shape index (κ2) is 5.56. The molecule has 0 fully saturated rings. The van der Waals surface area contributed by atoms with Crippen molar-refractivity contribution in [2.75, 3.05) is 5.75 Å². The molecule has 0 unspecified atom stereocenters. The summed E-state index contributed by atoms with van der Waals surface area (Å²) < 4.78 is 0. The first-order valence-corrected chi connectivity index (χ1v) is 6.02. The van der Waals surface area contributed by atoms with Gasteiger partial charge in [-0.25, -0.2) is 4.98 Å². The van der Waals surface area contributed by atoms with Crippen molar-refractivity contribution in [1.82, 2.24) is 4.98 Å². The second-order valence-corrected chi connectivity index (χ2v) is 4.49. The highest BCUT2D eigenvalue weighted by Crippen LogP contribution is 2.17. The molecule has 4 heteroatoms. The van der Waals surface area contributed by atoms with Crippen LogP contribution in [0.15, 0.2) is 5.38 Å². The SMILES string of the molecule is CCCSCc1nc(CO)cs1. The topological polar surface area (TPSA) is 33.1 Å². The summed E-state index contributed by atoms with van der Waals surface area (Å²) in [5.74, 6) is 2.17. The zero-order valence-corrected chi connectivity index (χ0v) is 8.75. The molecule has 0 bridgehead atoms. The molecule has 2 nitrogen and oxygen atoms in total. The summed E-state index contributed by atoms with van der Waals surface area (Å²) >= 11 is 3.53. The van der Waals surface area contributed by atoms with E-state index in [0.29, 0.717) is 0 Å². The molecule has 0 aliphatic heterocycles. The summed E-state index contributed by atoms with van der Waals surface area (Å²) in [5.41, 5.74) is 0.798. The Morgan fingerprint density at radius 3 is 3.08 bits per heavy atom. The first-order chi connectivity index (χ1) is 5.86. The minimum atomic E-state index is 0.0644. The van der Waals surface area contributed by atoms with Crippen LogP contribution in [0.1, 0.15) is 24.0 Å². The molecule has 12 heavy (non-hydrogen) atoms. The van der Waals surface area contributed by atoms with Crippen LogP contribution in [-0.2, 0) is 12.4 Å². The fourth-order valence-corrected chi connectivity index (χ4v) is 2.56. The third-order valence-electron chi connectivity index (χ3n) is 1.34. The van der Waals surface area contributed by atoms with Crippen LogP contribution in [0.2, 0.25) is 0 Å². The molecule has 1 heterocycles. The Balaban J connectivity index is 2.31. The fraction of sp³-hybridized carbons (Fsp3) is 0.625. The molecular formula is C8H13NOS2. The Labute approximate surface area is 81.0 Å². The van der Waals surface area contributed by atoms with Crippen molar-refractivity contribution in [3.05, 3.63) is 16.1 Å². The van der Waals surface area contributed by atoms with E-state index in [1.165, 1.54) is 12.2 Å². The van der Waals surface area contributed by atoms with Gasteiger partial charge in [-0.05, 0) is 12.2 Å². The van der Waals surface area contributed by atoms with Crippen LogP contribution in [0.3, 0.4) is 0 Å². The van der Waals surface area contributed by atoms with E-state index in [0.717, 1.165) is 16.5 Å². The summed E-state index contributed by atoms with van der Waals surface area (Å²) in [7, 11) is 0. The summed E-state index contributed by atoms with van der Waals surface area (Å²) in [6, 6.07) is 0. The Morgan fingerprint density at radius 1 is 1.67 bits per heavy atom. The number of thiazole rings is 1. The lowest BCUT2D eigenvalue weighted by molar-refractivity contribution is 0.277. The van der Waals surface area contributed by atoms with Crippen LogP contribution in [0, 0.1) is 0 Å². The van der Waals surface area contributed by atoms with Gasteiger partial charge in [-0.2, -0.15) is 11.8 Å². The molecule has 1 N–H and O–H groups in total. The maximum absolute atomic E-state index is 8.76. The normalized spacial score (nSPS) is 10.5. The van der Waals surface area contributed by atoms with Crippen molar-refractivity contribution in [2.24, 2.45) is 0 Å². The van der Waals surface area contributed by atoms with Crippen LogP contribution in [0.5, 0.6) is 0 Å². The molecule has 0 spiro atoms. The summed E-state index contributed by atoms with van der Waals surface area (Å²) in [4.78, 5) is 4.25. The minimum absolute atomic E-state index is 0.0644. The van der Waals surface area contributed by atoms with Gasteiger partial charge in [-0.1, -0.05) is 6.92 Å². The standard InChI is InChI=1S/C8H13NOS2/c1-2-3-11-6-8-9-7(4-10)5-12-8/h5,10H,2-4,6H2,1H3. The maximum atomic E-state index is 8.76. The number of hydrogen-bond donors (Lipinski definition) is 1. The third kappa shape index (κ3) is 3.13. The molecular weight excluding hydrogens is 190 g/mol. The highest BCUT2D eigenvalue weighted by atomic mass is 32.2. The van der Waals surface area contributed by atoms with E-state index >= 15 is 0 Å². The molecule has 1 rings (SSSR count). The van der Waals surface area contributed by atoms with E-state index in [1.54, 1.807) is 11.3 Å². The zero-order valence-electron chi connectivity index (χ0n) is 7.12. The first-order valence-electron chi connectivity index (χ1n) is 3.98. The monoisotopic (exact) mass is 203 g/mol. The van der Waals surface area contributed by atoms with Crippen LogP contribution in [0.25, 0.3) is 0 Å². The molecule has 0 radical (unpaired) electrons. The number of aliphatic hydroxyl groups is 1. The van der Waals surface area contributed by atoms with Gasteiger partial charge in [-0.15, -0.1) is 11.3 Å². The Bertz CT molecular complexity index is 225. The predicted octanol–water partition coefficient (Wildman–Crippen LogP) is 2.28. The number of hydrogen-bond acceptors (Lipinski definition) is 4. The predicted molar refractivity (Wildman–Crippen MR) is 54.5 cm³/mol. The fourth-order valence-electron chi connectivity index (χ4n) is 0.792. The van der Waals surface area contributed by atoms with E-state index in [9.17, 15) is 0 Å². The first kappa shape index (κ1) is 10.0. The lowest BCUT2D eigenvalue weighted by Gasteiger charge is -1.93. The Morgan fingerprint density at radius 2 is 2.50 bits per heavy atom. The second-order valence-electron chi connectivity index (χ2n) is 2.44. The molecule has 0 amide bonds. The number of nitrogens with zero attached hydrogens (tertiary/aromatic N) is 1. The van der Waals surface area contributed by atoms with Gasteiger partial charge in [0.15, 0.2) is 0 Å². The Kier molecular flexibility index (Phi) is 4.65. The molecule has 0 saturated carbocycles.